The molecule has 0 unspecified atom stereocenters. The average molecular weight is 446 g/mol. The fraction of sp³-hybridized carbons (Fsp3) is 0.292. The molecule has 0 radical (unpaired) electrons. The maximum absolute atomic E-state index is 6.10. The van der Waals surface area contributed by atoms with E-state index in [2.05, 4.69) is 25.4 Å². The summed E-state index contributed by atoms with van der Waals surface area (Å²) < 4.78 is 13.3. The number of nitrogens with zero attached hydrogens (tertiary/aromatic N) is 6. The normalized spacial score (nSPS) is 11.3. The van der Waals surface area contributed by atoms with Crippen LogP contribution in [0.25, 0.3) is 22.5 Å². The van der Waals surface area contributed by atoms with Crippen molar-refractivity contribution >= 4 is 5.95 Å². The van der Waals surface area contributed by atoms with Crippen molar-refractivity contribution in [2.45, 2.75) is 33.2 Å². The summed E-state index contributed by atoms with van der Waals surface area (Å²) in [6, 6.07) is 7.43. The molecule has 33 heavy (non-hydrogen) atoms. The van der Waals surface area contributed by atoms with Crippen molar-refractivity contribution in [3.63, 3.8) is 0 Å². The molecule has 0 aliphatic carbocycles. The van der Waals surface area contributed by atoms with Crippen LogP contribution in [-0.2, 0) is 7.05 Å². The van der Waals surface area contributed by atoms with E-state index < -0.39 is 0 Å². The van der Waals surface area contributed by atoms with Crippen LogP contribution in [0.5, 0.6) is 17.4 Å². The number of rotatable bonds is 6. The fourth-order valence-corrected chi connectivity index (χ4v) is 3.21. The number of methoxy groups -OCH3 is 1. The summed E-state index contributed by atoms with van der Waals surface area (Å²) in [5, 5.41) is 7.44. The quantitative estimate of drug-likeness (QED) is 0.458. The largest absolute Gasteiger partial charge is 0.480 e. The molecule has 0 aromatic carbocycles. The van der Waals surface area contributed by atoms with Crippen molar-refractivity contribution in [2.24, 2.45) is 7.05 Å². The first-order valence-corrected chi connectivity index (χ1v) is 10.5. The van der Waals surface area contributed by atoms with Crippen molar-refractivity contribution < 1.29 is 9.47 Å². The van der Waals surface area contributed by atoms with Gasteiger partial charge in [0.25, 0.3) is 0 Å². The lowest BCUT2D eigenvalue weighted by molar-refractivity contribution is 0.398. The van der Waals surface area contributed by atoms with Gasteiger partial charge in [-0.05, 0) is 45.9 Å². The van der Waals surface area contributed by atoms with E-state index in [9.17, 15) is 0 Å². The molecule has 0 amide bonds. The summed E-state index contributed by atoms with van der Waals surface area (Å²) in [7, 11) is 3.45. The Hall–Kier alpha value is -4.01. The van der Waals surface area contributed by atoms with Crippen LogP contribution in [-0.4, -0.2) is 42.4 Å². The first-order chi connectivity index (χ1) is 15.7. The van der Waals surface area contributed by atoms with E-state index in [0.717, 1.165) is 17.0 Å². The Morgan fingerprint density at radius 1 is 1.00 bits per heavy atom. The van der Waals surface area contributed by atoms with Crippen LogP contribution in [0.3, 0.4) is 0 Å². The second kappa shape index (κ2) is 8.85. The van der Waals surface area contributed by atoms with Crippen molar-refractivity contribution in [3.05, 3.63) is 54.7 Å². The number of aromatic nitrogens is 6. The van der Waals surface area contributed by atoms with Gasteiger partial charge < -0.3 is 14.8 Å². The van der Waals surface area contributed by atoms with Crippen LogP contribution in [0, 0.1) is 6.92 Å². The molecule has 0 bridgehead atoms. The number of ether oxygens (including phenoxy) is 2. The Balaban J connectivity index is 1.58. The predicted octanol–water partition coefficient (Wildman–Crippen LogP) is 4.65. The standard InChI is InChI=1S/C24H27N7O2/c1-15-21(33-17-9-10-25-20(11-17)16-12-27-31(5)14-16)8-7-19(28-15)18-13-26-23(29-22(18)32-6)30-24(2,3)4/h7-14H,1-6H3,(H,26,29,30). The number of anilines is 1. The molecule has 0 fully saturated rings. The number of aryl methyl sites for hydroxylation is 2. The van der Waals surface area contributed by atoms with E-state index in [-0.39, 0.29) is 5.54 Å². The van der Waals surface area contributed by atoms with Crippen molar-refractivity contribution in [3.8, 4) is 39.9 Å². The smallest absolute Gasteiger partial charge is 0.227 e. The molecule has 0 atom stereocenters. The minimum Gasteiger partial charge on any atom is -0.480 e. The second-order valence-electron chi connectivity index (χ2n) is 8.65. The first kappa shape index (κ1) is 22.2. The van der Waals surface area contributed by atoms with Gasteiger partial charge in [0.1, 0.15) is 11.5 Å². The highest BCUT2D eigenvalue weighted by Gasteiger charge is 2.16. The zero-order valence-electron chi connectivity index (χ0n) is 19.6. The summed E-state index contributed by atoms with van der Waals surface area (Å²) in [5.41, 5.74) is 3.67. The lowest BCUT2D eigenvalue weighted by Gasteiger charge is -2.21. The number of pyridine rings is 2. The highest BCUT2D eigenvalue weighted by atomic mass is 16.5. The Morgan fingerprint density at radius 2 is 1.82 bits per heavy atom. The van der Waals surface area contributed by atoms with Crippen LogP contribution < -0.4 is 14.8 Å². The Bertz CT molecular complexity index is 1280. The molecule has 4 aromatic rings. The van der Waals surface area contributed by atoms with Crippen molar-refractivity contribution in [1.82, 2.24) is 29.7 Å². The topological polar surface area (TPSA) is 99.9 Å². The van der Waals surface area contributed by atoms with E-state index in [0.29, 0.717) is 34.6 Å². The lowest BCUT2D eigenvalue weighted by atomic mass is 10.1. The van der Waals surface area contributed by atoms with Crippen LogP contribution in [0.15, 0.2) is 49.1 Å². The van der Waals surface area contributed by atoms with Crippen LogP contribution in [0.2, 0.25) is 0 Å². The number of hydrogen-bond acceptors (Lipinski definition) is 8. The Morgan fingerprint density at radius 3 is 2.48 bits per heavy atom. The third kappa shape index (κ3) is 5.25. The molecular weight excluding hydrogens is 418 g/mol. The molecule has 9 nitrogen and oxygen atoms in total. The third-order valence-electron chi connectivity index (χ3n) is 4.71. The molecule has 0 spiro atoms. The van der Waals surface area contributed by atoms with Gasteiger partial charge in [0, 0.05) is 42.8 Å². The van der Waals surface area contributed by atoms with Gasteiger partial charge >= 0.3 is 0 Å². The average Bonchev–Trinajstić information content (AvgIpc) is 3.20. The molecule has 1 N–H and O–H groups in total. The van der Waals surface area contributed by atoms with Crippen molar-refractivity contribution in [1.29, 1.82) is 0 Å². The van der Waals surface area contributed by atoms with Gasteiger partial charge in [-0.15, -0.1) is 0 Å². The predicted molar refractivity (Wildman–Crippen MR) is 126 cm³/mol. The maximum Gasteiger partial charge on any atom is 0.227 e. The third-order valence-corrected chi connectivity index (χ3v) is 4.71. The van der Waals surface area contributed by atoms with Gasteiger partial charge in [0.05, 0.1) is 36.0 Å². The van der Waals surface area contributed by atoms with E-state index in [1.54, 1.807) is 30.4 Å². The number of hydrogen-bond donors (Lipinski definition) is 1. The monoisotopic (exact) mass is 445 g/mol. The van der Waals surface area contributed by atoms with Crippen molar-refractivity contribution in [2.75, 3.05) is 12.4 Å². The zero-order chi connectivity index (χ0) is 23.6. The molecule has 0 aliphatic heterocycles. The molecule has 170 valence electrons. The molecule has 4 heterocycles. The van der Waals surface area contributed by atoms with Gasteiger partial charge in [-0.2, -0.15) is 10.1 Å². The van der Waals surface area contributed by atoms with Gasteiger partial charge in [0.15, 0.2) is 0 Å². The highest BCUT2D eigenvalue weighted by Crippen LogP contribution is 2.32. The summed E-state index contributed by atoms with van der Waals surface area (Å²) in [4.78, 5) is 18.0. The van der Waals surface area contributed by atoms with Gasteiger partial charge in [0.2, 0.25) is 11.8 Å². The Kier molecular flexibility index (Phi) is 5.95. The van der Waals surface area contributed by atoms with Crippen LogP contribution >= 0.6 is 0 Å². The summed E-state index contributed by atoms with van der Waals surface area (Å²) in [6.07, 6.45) is 7.10. The molecule has 4 rings (SSSR count). The molecular formula is C24H27N7O2. The minimum atomic E-state index is -0.163. The molecule has 4 aromatic heterocycles. The summed E-state index contributed by atoms with van der Waals surface area (Å²) in [6.45, 7) is 8.03. The summed E-state index contributed by atoms with van der Waals surface area (Å²) in [5.74, 6) is 2.27. The van der Waals surface area contributed by atoms with E-state index in [4.69, 9.17) is 14.5 Å². The number of nitrogens with one attached hydrogen (secondary N) is 1. The van der Waals surface area contributed by atoms with E-state index in [1.807, 2.05) is 65.2 Å². The van der Waals surface area contributed by atoms with Gasteiger partial charge in [-0.1, -0.05) is 0 Å². The minimum absolute atomic E-state index is 0.163. The van der Waals surface area contributed by atoms with E-state index >= 15 is 0 Å². The zero-order valence-corrected chi connectivity index (χ0v) is 19.6. The lowest BCUT2D eigenvalue weighted by Crippen LogP contribution is -2.27. The van der Waals surface area contributed by atoms with E-state index in [1.165, 1.54) is 0 Å². The maximum atomic E-state index is 6.10. The molecule has 0 saturated carbocycles. The van der Waals surface area contributed by atoms with Gasteiger partial charge in [-0.3, -0.25) is 9.67 Å². The second-order valence-corrected chi connectivity index (χ2v) is 8.65. The van der Waals surface area contributed by atoms with Crippen LogP contribution in [0.1, 0.15) is 26.5 Å². The first-order valence-electron chi connectivity index (χ1n) is 10.5. The fourth-order valence-electron chi connectivity index (χ4n) is 3.21. The molecule has 9 heteroatoms. The molecule has 0 aliphatic rings. The van der Waals surface area contributed by atoms with Crippen LogP contribution in [0.4, 0.5) is 5.95 Å². The SMILES string of the molecule is COc1nc(NC(C)(C)C)ncc1-c1ccc(Oc2ccnc(-c3cnn(C)c3)c2)c(C)n1. The summed E-state index contributed by atoms with van der Waals surface area (Å²) >= 11 is 0. The Labute approximate surface area is 192 Å². The van der Waals surface area contributed by atoms with Gasteiger partial charge in [-0.25, -0.2) is 9.97 Å². The molecule has 0 saturated heterocycles. The highest BCUT2D eigenvalue weighted by molar-refractivity contribution is 5.66.